The molecule has 2 fully saturated rings. The molecule has 1 atom stereocenters. The van der Waals surface area contributed by atoms with Crippen LogP contribution in [0.5, 0.6) is 0 Å². The van der Waals surface area contributed by atoms with E-state index in [9.17, 15) is 14.4 Å². The van der Waals surface area contributed by atoms with Crippen LogP contribution in [-0.4, -0.2) is 51.6 Å². The number of hydrogen-bond acceptors (Lipinski definition) is 5. The number of amides is 4. The molecule has 0 aromatic carbocycles. The lowest BCUT2D eigenvalue weighted by molar-refractivity contribution is -0.123. The van der Waals surface area contributed by atoms with Crippen molar-refractivity contribution in [2.24, 2.45) is 0 Å². The standard InChI is InChI=1S/C11H9Cl2N5O3/c12-6-3-5(7(13)17-16-6)8(19)18-2-1-11(4-18)9(20)14-10(21)15-11/h3H,1-2,4H2,(H2,14,15,20,21). The summed E-state index contributed by atoms with van der Waals surface area (Å²) in [6, 6.07) is 0.762. The van der Waals surface area contributed by atoms with Gasteiger partial charge in [0.25, 0.3) is 11.8 Å². The number of rotatable bonds is 1. The molecule has 1 aromatic heterocycles. The maximum atomic E-state index is 12.4. The van der Waals surface area contributed by atoms with Crippen LogP contribution < -0.4 is 10.6 Å². The third-order valence-corrected chi connectivity index (χ3v) is 3.98. The molecular weight excluding hydrogens is 321 g/mol. The lowest BCUT2D eigenvalue weighted by Gasteiger charge is -2.21. The van der Waals surface area contributed by atoms with Crippen LogP contribution in [0.3, 0.4) is 0 Å². The summed E-state index contributed by atoms with van der Waals surface area (Å²) in [5, 5.41) is 11.8. The molecular formula is C11H9Cl2N5O3. The Bertz CT molecular complexity index is 667. The number of aromatic nitrogens is 2. The van der Waals surface area contributed by atoms with Crippen LogP contribution >= 0.6 is 23.2 Å². The predicted octanol–water partition coefficient (Wildman–Crippen LogP) is 0.207. The molecule has 1 aromatic rings. The number of urea groups is 1. The van der Waals surface area contributed by atoms with Crippen molar-refractivity contribution in [3.8, 4) is 0 Å². The minimum absolute atomic E-state index is 0.0450. The van der Waals surface area contributed by atoms with Gasteiger partial charge in [-0.3, -0.25) is 14.9 Å². The molecule has 4 amide bonds. The molecule has 0 aliphatic carbocycles. The van der Waals surface area contributed by atoms with Gasteiger partial charge in [0.15, 0.2) is 10.3 Å². The summed E-state index contributed by atoms with van der Waals surface area (Å²) in [5.41, 5.74) is -0.956. The number of carbonyl (C=O) groups is 3. The lowest BCUT2D eigenvalue weighted by atomic mass is 9.99. The zero-order valence-electron chi connectivity index (χ0n) is 10.5. The molecule has 1 spiro atoms. The van der Waals surface area contributed by atoms with E-state index in [4.69, 9.17) is 23.2 Å². The molecule has 0 bridgehead atoms. The van der Waals surface area contributed by atoms with Gasteiger partial charge in [0, 0.05) is 6.54 Å². The molecule has 2 aliphatic heterocycles. The van der Waals surface area contributed by atoms with E-state index in [0.717, 1.165) is 0 Å². The zero-order chi connectivity index (χ0) is 15.2. The highest BCUT2D eigenvalue weighted by Crippen LogP contribution is 2.27. The van der Waals surface area contributed by atoms with E-state index in [0.29, 0.717) is 13.0 Å². The Morgan fingerprint density at radius 3 is 2.76 bits per heavy atom. The van der Waals surface area contributed by atoms with Gasteiger partial charge >= 0.3 is 6.03 Å². The Morgan fingerprint density at radius 1 is 1.33 bits per heavy atom. The number of imide groups is 1. The number of nitrogens with zero attached hydrogens (tertiary/aromatic N) is 3. The van der Waals surface area contributed by atoms with Gasteiger partial charge in [0.2, 0.25) is 0 Å². The van der Waals surface area contributed by atoms with E-state index >= 15 is 0 Å². The molecule has 2 saturated heterocycles. The molecule has 110 valence electrons. The summed E-state index contributed by atoms with van der Waals surface area (Å²) in [4.78, 5) is 36.9. The minimum atomic E-state index is -1.07. The van der Waals surface area contributed by atoms with E-state index < -0.39 is 23.4 Å². The Labute approximate surface area is 128 Å². The van der Waals surface area contributed by atoms with Crippen molar-refractivity contribution in [1.82, 2.24) is 25.7 Å². The molecule has 3 rings (SSSR count). The first kappa shape index (κ1) is 14.0. The maximum Gasteiger partial charge on any atom is 0.322 e. The Balaban J connectivity index is 1.83. The van der Waals surface area contributed by atoms with Gasteiger partial charge in [-0.15, -0.1) is 10.2 Å². The number of likely N-dealkylation sites (tertiary alicyclic amines) is 1. The van der Waals surface area contributed by atoms with E-state index in [1.807, 2.05) is 0 Å². The van der Waals surface area contributed by atoms with Crippen molar-refractivity contribution in [1.29, 1.82) is 0 Å². The molecule has 2 aliphatic rings. The van der Waals surface area contributed by atoms with Gasteiger partial charge in [0.05, 0.1) is 12.1 Å². The fourth-order valence-corrected chi connectivity index (χ4v) is 2.79. The summed E-state index contributed by atoms with van der Waals surface area (Å²) < 4.78 is 0. The minimum Gasteiger partial charge on any atom is -0.336 e. The van der Waals surface area contributed by atoms with Crippen molar-refractivity contribution < 1.29 is 14.4 Å². The highest BCUT2D eigenvalue weighted by molar-refractivity contribution is 6.34. The van der Waals surface area contributed by atoms with Crippen LogP contribution in [-0.2, 0) is 4.79 Å². The van der Waals surface area contributed by atoms with Gasteiger partial charge in [-0.05, 0) is 12.5 Å². The Morgan fingerprint density at radius 2 is 2.10 bits per heavy atom. The third-order valence-electron chi connectivity index (χ3n) is 3.52. The summed E-state index contributed by atoms with van der Waals surface area (Å²) >= 11 is 11.6. The molecule has 1 unspecified atom stereocenters. The second-order valence-corrected chi connectivity index (χ2v) is 5.58. The van der Waals surface area contributed by atoms with E-state index in [2.05, 4.69) is 20.8 Å². The fraction of sp³-hybridized carbons (Fsp3) is 0.364. The van der Waals surface area contributed by atoms with Crippen molar-refractivity contribution in [3.63, 3.8) is 0 Å². The molecule has 21 heavy (non-hydrogen) atoms. The van der Waals surface area contributed by atoms with Crippen LogP contribution in [0.2, 0.25) is 10.3 Å². The van der Waals surface area contributed by atoms with Gasteiger partial charge < -0.3 is 10.2 Å². The zero-order valence-corrected chi connectivity index (χ0v) is 12.0. The topological polar surface area (TPSA) is 104 Å². The van der Waals surface area contributed by atoms with E-state index in [1.54, 1.807) is 0 Å². The first-order valence-corrected chi connectivity index (χ1v) is 6.78. The lowest BCUT2D eigenvalue weighted by Crippen LogP contribution is -2.49. The molecule has 3 heterocycles. The SMILES string of the molecule is O=C1NC(=O)C2(CCN(C(=O)c3cc(Cl)nnc3Cl)C2)N1. The monoisotopic (exact) mass is 329 g/mol. The van der Waals surface area contributed by atoms with Crippen LogP contribution in [0, 0.1) is 0 Å². The normalized spacial score (nSPS) is 24.4. The van der Waals surface area contributed by atoms with Crippen LogP contribution in [0.15, 0.2) is 6.07 Å². The number of carbonyl (C=O) groups excluding carboxylic acids is 3. The van der Waals surface area contributed by atoms with E-state index in [-0.39, 0.29) is 22.4 Å². The summed E-state index contributed by atoms with van der Waals surface area (Å²) in [7, 11) is 0. The fourth-order valence-electron chi connectivity index (χ4n) is 2.47. The number of hydrogen-bond donors (Lipinski definition) is 2. The molecule has 0 saturated carbocycles. The van der Waals surface area contributed by atoms with Crippen molar-refractivity contribution >= 4 is 41.0 Å². The Kier molecular flexibility index (Phi) is 3.22. The second kappa shape index (κ2) is 4.81. The Hall–Kier alpha value is -1.93. The first-order chi connectivity index (χ1) is 9.91. The summed E-state index contributed by atoms with van der Waals surface area (Å²) in [6.45, 7) is 0.377. The molecule has 0 radical (unpaired) electrons. The smallest absolute Gasteiger partial charge is 0.322 e. The predicted molar refractivity (Wildman–Crippen MR) is 72.0 cm³/mol. The van der Waals surface area contributed by atoms with Crippen LogP contribution in [0.4, 0.5) is 4.79 Å². The maximum absolute atomic E-state index is 12.4. The molecule has 10 heteroatoms. The summed E-state index contributed by atoms with van der Waals surface area (Å²) in [5.74, 6) is -0.845. The van der Waals surface area contributed by atoms with Crippen molar-refractivity contribution in [2.45, 2.75) is 12.0 Å². The second-order valence-electron chi connectivity index (χ2n) is 4.84. The summed E-state index contributed by atoms with van der Waals surface area (Å²) in [6.07, 6.45) is 0.334. The molecule has 2 N–H and O–H groups in total. The largest absolute Gasteiger partial charge is 0.336 e. The van der Waals surface area contributed by atoms with Gasteiger partial charge in [-0.25, -0.2) is 4.79 Å². The molecule has 8 nitrogen and oxygen atoms in total. The number of halogens is 2. The average molecular weight is 330 g/mol. The first-order valence-electron chi connectivity index (χ1n) is 6.03. The third kappa shape index (κ3) is 2.30. The quantitative estimate of drug-likeness (QED) is 0.716. The van der Waals surface area contributed by atoms with Crippen LogP contribution in [0.25, 0.3) is 0 Å². The number of nitrogens with one attached hydrogen (secondary N) is 2. The van der Waals surface area contributed by atoms with Gasteiger partial charge in [0.1, 0.15) is 5.54 Å². The van der Waals surface area contributed by atoms with Gasteiger partial charge in [-0.1, -0.05) is 23.2 Å². The van der Waals surface area contributed by atoms with Crippen LogP contribution in [0.1, 0.15) is 16.8 Å². The van der Waals surface area contributed by atoms with Crippen molar-refractivity contribution in [2.75, 3.05) is 13.1 Å². The van der Waals surface area contributed by atoms with Gasteiger partial charge in [-0.2, -0.15) is 0 Å². The highest BCUT2D eigenvalue weighted by Gasteiger charge is 2.51. The highest BCUT2D eigenvalue weighted by atomic mass is 35.5. The average Bonchev–Trinajstić information content (AvgIpc) is 2.97. The van der Waals surface area contributed by atoms with E-state index in [1.165, 1.54) is 11.0 Å². The van der Waals surface area contributed by atoms with Crippen molar-refractivity contribution in [3.05, 3.63) is 21.9 Å².